The zero-order chi connectivity index (χ0) is 19.3. The van der Waals surface area contributed by atoms with Gasteiger partial charge in [-0.1, -0.05) is 22.7 Å². The molecule has 0 spiro atoms. The summed E-state index contributed by atoms with van der Waals surface area (Å²) >= 11 is 0. The quantitative estimate of drug-likeness (QED) is 0.414. The second kappa shape index (κ2) is 8.17. The Kier molecular flexibility index (Phi) is 6.19. The molecule has 0 heterocycles. The van der Waals surface area contributed by atoms with Crippen LogP contribution in [0, 0.1) is 5.82 Å². The van der Waals surface area contributed by atoms with Crippen LogP contribution in [0.1, 0.15) is 20.7 Å². The number of Topliss-reactive ketones (excluding diaryl/α,β-unsaturated/α-hetero) is 1. The number of hydrogen-bond acceptors (Lipinski definition) is 6. The summed E-state index contributed by atoms with van der Waals surface area (Å²) in [5.74, 6) is -2.34. The van der Waals surface area contributed by atoms with E-state index in [-0.39, 0.29) is 16.0 Å². The maximum atomic E-state index is 13.5. The predicted molar refractivity (Wildman–Crippen MR) is 89.4 cm³/mol. The largest absolute Gasteiger partial charge is 0.454 e. The Morgan fingerprint density at radius 2 is 1.81 bits per heavy atom. The lowest BCUT2D eigenvalue weighted by Gasteiger charge is -2.14. The van der Waals surface area contributed by atoms with E-state index < -0.39 is 34.2 Å². The maximum Gasteiger partial charge on any atom is 0.338 e. The van der Waals surface area contributed by atoms with Crippen molar-refractivity contribution in [2.75, 3.05) is 20.8 Å². The third-order valence-corrected chi connectivity index (χ3v) is 5.15. The highest BCUT2D eigenvalue weighted by molar-refractivity contribution is 7.89. The van der Waals surface area contributed by atoms with Gasteiger partial charge in [0.05, 0.1) is 23.1 Å². The maximum absolute atomic E-state index is 13.5. The van der Waals surface area contributed by atoms with Crippen LogP contribution in [0.25, 0.3) is 0 Å². The number of ketones is 1. The molecular formula is C17H16FNO6S. The summed E-state index contributed by atoms with van der Waals surface area (Å²) in [6.45, 7) is -0.672. The van der Waals surface area contributed by atoms with Crippen LogP contribution in [0.5, 0.6) is 0 Å². The second-order valence-electron chi connectivity index (χ2n) is 5.10. The standard InChI is InChI=1S/C17H16FNO6S/c1-19(24-2)26(22,23)13-7-5-6-12(10-13)17(21)25-11-16(20)14-8-3-4-9-15(14)18/h3-10H,11H2,1-2H3. The topological polar surface area (TPSA) is 90.0 Å². The molecule has 0 bridgehead atoms. The van der Waals surface area contributed by atoms with Gasteiger partial charge >= 0.3 is 5.97 Å². The summed E-state index contributed by atoms with van der Waals surface area (Å²) in [4.78, 5) is 28.5. The molecule has 9 heteroatoms. The van der Waals surface area contributed by atoms with Crippen LogP contribution in [-0.2, 0) is 19.6 Å². The van der Waals surface area contributed by atoms with Crippen molar-refractivity contribution in [3.8, 4) is 0 Å². The Bertz CT molecular complexity index is 928. The monoisotopic (exact) mass is 381 g/mol. The highest BCUT2D eigenvalue weighted by atomic mass is 32.2. The molecule has 7 nitrogen and oxygen atoms in total. The van der Waals surface area contributed by atoms with Crippen LogP contribution in [0.15, 0.2) is 53.4 Å². The number of nitrogens with zero attached hydrogens (tertiary/aromatic N) is 1. The van der Waals surface area contributed by atoms with Gasteiger partial charge in [-0.25, -0.2) is 17.6 Å². The molecule has 0 saturated carbocycles. The Morgan fingerprint density at radius 3 is 2.46 bits per heavy atom. The van der Waals surface area contributed by atoms with Gasteiger partial charge in [0.1, 0.15) is 5.82 Å². The van der Waals surface area contributed by atoms with Crippen LogP contribution in [0.3, 0.4) is 0 Å². The molecule has 0 radical (unpaired) electrons. The van der Waals surface area contributed by atoms with Gasteiger partial charge in [-0.15, -0.1) is 0 Å². The summed E-state index contributed by atoms with van der Waals surface area (Å²) in [6, 6.07) is 10.4. The zero-order valence-electron chi connectivity index (χ0n) is 14.0. The second-order valence-corrected chi connectivity index (χ2v) is 7.04. The van der Waals surface area contributed by atoms with E-state index in [4.69, 9.17) is 4.74 Å². The minimum absolute atomic E-state index is 0.0723. The fourth-order valence-electron chi connectivity index (χ4n) is 2.01. The molecule has 0 atom stereocenters. The first-order valence-electron chi connectivity index (χ1n) is 7.35. The van der Waals surface area contributed by atoms with E-state index in [0.29, 0.717) is 4.47 Å². The summed E-state index contributed by atoms with van der Waals surface area (Å²) < 4.78 is 43.4. The number of rotatable bonds is 7. The third-order valence-electron chi connectivity index (χ3n) is 3.47. The first-order valence-corrected chi connectivity index (χ1v) is 8.79. The fourth-order valence-corrected chi connectivity index (χ4v) is 3.03. The van der Waals surface area contributed by atoms with E-state index in [1.807, 2.05) is 0 Å². The van der Waals surface area contributed by atoms with Crippen LogP contribution < -0.4 is 0 Å². The van der Waals surface area contributed by atoms with Crippen molar-refractivity contribution in [2.45, 2.75) is 4.90 Å². The van der Waals surface area contributed by atoms with Crippen molar-refractivity contribution >= 4 is 21.8 Å². The van der Waals surface area contributed by atoms with E-state index >= 15 is 0 Å². The van der Waals surface area contributed by atoms with Crippen LogP contribution in [0.2, 0.25) is 0 Å². The molecule has 0 fully saturated rings. The van der Waals surface area contributed by atoms with Gasteiger partial charge in [-0.05, 0) is 30.3 Å². The molecule has 0 aliphatic heterocycles. The minimum atomic E-state index is -3.94. The normalized spacial score (nSPS) is 11.4. The van der Waals surface area contributed by atoms with Gasteiger partial charge in [0.2, 0.25) is 5.78 Å². The van der Waals surface area contributed by atoms with Gasteiger partial charge in [-0.3, -0.25) is 9.63 Å². The van der Waals surface area contributed by atoms with E-state index in [0.717, 1.165) is 12.1 Å². The SMILES string of the molecule is CON(C)S(=O)(=O)c1cccc(C(=O)OCC(=O)c2ccccc2F)c1. The van der Waals surface area contributed by atoms with Crippen molar-refractivity contribution in [1.29, 1.82) is 0 Å². The van der Waals surface area contributed by atoms with Crippen molar-refractivity contribution in [2.24, 2.45) is 0 Å². The molecule has 138 valence electrons. The number of halogens is 1. The van der Waals surface area contributed by atoms with Crippen molar-refractivity contribution in [3.05, 3.63) is 65.5 Å². The average Bonchev–Trinajstić information content (AvgIpc) is 2.65. The van der Waals surface area contributed by atoms with Crippen molar-refractivity contribution in [3.63, 3.8) is 0 Å². The first-order chi connectivity index (χ1) is 12.3. The van der Waals surface area contributed by atoms with E-state index in [1.165, 1.54) is 50.6 Å². The minimum Gasteiger partial charge on any atom is -0.454 e. The molecule has 26 heavy (non-hydrogen) atoms. The molecule has 2 aromatic rings. The highest BCUT2D eigenvalue weighted by Gasteiger charge is 2.22. The number of carbonyl (C=O) groups excluding carboxylic acids is 2. The molecule has 0 aliphatic rings. The molecule has 0 N–H and O–H groups in total. The number of hydroxylamine groups is 1. The van der Waals surface area contributed by atoms with Crippen LogP contribution >= 0.6 is 0 Å². The number of benzene rings is 2. The third kappa shape index (κ3) is 4.31. The van der Waals surface area contributed by atoms with Gasteiger partial charge in [0.15, 0.2) is 6.61 Å². The summed E-state index contributed by atoms with van der Waals surface area (Å²) in [6.07, 6.45) is 0. The zero-order valence-corrected chi connectivity index (χ0v) is 14.8. The Balaban J connectivity index is 2.12. The van der Waals surface area contributed by atoms with Crippen molar-refractivity contribution < 1.29 is 32.0 Å². The van der Waals surface area contributed by atoms with Crippen LogP contribution in [-0.4, -0.2) is 45.4 Å². The molecule has 2 rings (SSSR count). The van der Waals surface area contributed by atoms with Crippen molar-refractivity contribution in [1.82, 2.24) is 4.47 Å². The molecule has 0 aromatic heterocycles. The van der Waals surface area contributed by atoms with E-state index in [9.17, 15) is 22.4 Å². The first kappa shape index (κ1) is 19.7. The molecule has 0 aliphatic carbocycles. The molecule has 0 amide bonds. The lowest BCUT2D eigenvalue weighted by molar-refractivity contribution is -0.0258. The Morgan fingerprint density at radius 1 is 1.12 bits per heavy atom. The number of ether oxygens (including phenoxy) is 1. The lowest BCUT2D eigenvalue weighted by Crippen LogP contribution is -2.26. The van der Waals surface area contributed by atoms with Gasteiger partial charge in [-0.2, -0.15) is 0 Å². The molecule has 2 aromatic carbocycles. The fraction of sp³-hybridized carbons (Fsp3) is 0.176. The number of hydrogen-bond donors (Lipinski definition) is 0. The summed E-state index contributed by atoms with van der Waals surface area (Å²) in [7, 11) is -1.55. The lowest BCUT2D eigenvalue weighted by atomic mass is 10.1. The molecular weight excluding hydrogens is 365 g/mol. The molecule has 0 saturated heterocycles. The van der Waals surface area contributed by atoms with Gasteiger partial charge in [0.25, 0.3) is 10.0 Å². The number of sulfonamides is 1. The van der Waals surface area contributed by atoms with E-state index in [2.05, 4.69) is 4.84 Å². The number of carbonyl (C=O) groups is 2. The average molecular weight is 381 g/mol. The Hall–Kier alpha value is -2.62. The highest BCUT2D eigenvalue weighted by Crippen LogP contribution is 2.17. The van der Waals surface area contributed by atoms with Gasteiger partial charge < -0.3 is 4.74 Å². The Labute approximate surface area is 150 Å². The predicted octanol–water partition coefficient (Wildman–Crippen LogP) is 2.05. The van der Waals surface area contributed by atoms with E-state index in [1.54, 1.807) is 0 Å². The summed E-state index contributed by atoms with van der Waals surface area (Å²) in [5, 5.41) is 0. The summed E-state index contributed by atoms with van der Waals surface area (Å²) in [5.41, 5.74) is -0.268. The molecule has 0 unspecified atom stereocenters. The van der Waals surface area contributed by atoms with Gasteiger partial charge in [0, 0.05) is 7.05 Å². The smallest absolute Gasteiger partial charge is 0.338 e. The number of esters is 1. The van der Waals surface area contributed by atoms with Crippen LogP contribution in [0.4, 0.5) is 4.39 Å².